The maximum absolute atomic E-state index is 12.4. The standard InChI is InChI=1S/C23H25N5OS/c1-14(19-24-18-9-7-6-8-17(18)21(29)25-19)30-22-27-26-20(28(22)5)15-10-12-16(13-11-15)23(2,3)4/h6-14H,1-5H3,(H,24,25,29)/t14-/m0/s1. The molecule has 0 aliphatic heterocycles. The average Bonchev–Trinajstić information content (AvgIpc) is 3.07. The van der Waals surface area contributed by atoms with E-state index in [1.54, 1.807) is 6.07 Å². The van der Waals surface area contributed by atoms with Gasteiger partial charge in [-0.2, -0.15) is 0 Å². The van der Waals surface area contributed by atoms with Crippen molar-refractivity contribution in [2.24, 2.45) is 7.05 Å². The van der Waals surface area contributed by atoms with E-state index in [1.807, 2.05) is 36.7 Å². The number of nitrogens with one attached hydrogen (secondary N) is 1. The van der Waals surface area contributed by atoms with Crippen LogP contribution in [0.4, 0.5) is 0 Å². The molecule has 0 saturated carbocycles. The summed E-state index contributed by atoms with van der Waals surface area (Å²) in [6, 6.07) is 15.8. The lowest BCUT2D eigenvalue weighted by Crippen LogP contribution is -2.13. The van der Waals surface area contributed by atoms with E-state index >= 15 is 0 Å². The third kappa shape index (κ3) is 3.89. The summed E-state index contributed by atoms with van der Waals surface area (Å²) < 4.78 is 1.98. The van der Waals surface area contributed by atoms with Gasteiger partial charge in [-0.25, -0.2) is 4.98 Å². The maximum atomic E-state index is 12.4. The molecule has 0 bridgehead atoms. The zero-order chi connectivity index (χ0) is 21.5. The summed E-state index contributed by atoms with van der Waals surface area (Å²) in [4.78, 5) is 19.9. The first-order valence-corrected chi connectivity index (χ1v) is 10.8. The van der Waals surface area contributed by atoms with Crippen LogP contribution in [-0.2, 0) is 12.5 Å². The Hall–Kier alpha value is -2.93. The highest BCUT2D eigenvalue weighted by Gasteiger charge is 2.19. The molecule has 2 aromatic heterocycles. The van der Waals surface area contributed by atoms with Crippen LogP contribution in [-0.4, -0.2) is 24.7 Å². The molecule has 4 rings (SSSR count). The predicted molar refractivity (Wildman–Crippen MR) is 122 cm³/mol. The van der Waals surface area contributed by atoms with E-state index in [-0.39, 0.29) is 16.2 Å². The third-order valence-electron chi connectivity index (χ3n) is 5.14. The van der Waals surface area contributed by atoms with Crippen molar-refractivity contribution in [3.05, 3.63) is 70.3 Å². The van der Waals surface area contributed by atoms with E-state index in [0.717, 1.165) is 16.5 Å². The maximum Gasteiger partial charge on any atom is 0.258 e. The highest BCUT2D eigenvalue weighted by molar-refractivity contribution is 7.99. The summed E-state index contributed by atoms with van der Waals surface area (Å²) in [5.41, 5.74) is 2.98. The molecule has 154 valence electrons. The first kappa shape index (κ1) is 20.3. The van der Waals surface area contributed by atoms with Crippen LogP contribution in [0.2, 0.25) is 0 Å². The molecule has 1 atom stereocenters. The van der Waals surface area contributed by atoms with Gasteiger partial charge in [0, 0.05) is 12.6 Å². The summed E-state index contributed by atoms with van der Waals surface area (Å²) in [5.74, 6) is 1.44. The quantitative estimate of drug-likeness (QED) is 0.478. The van der Waals surface area contributed by atoms with Crippen LogP contribution in [0.5, 0.6) is 0 Å². The Bertz CT molecular complexity index is 1250. The number of thioether (sulfide) groups is 1. The molecule has 0 saturated heterocycles. The summed E-state index contributed by atoms with van der Waals surface area (Å²) in [6.45, 7) is 8.60. The predicted octanol–water partition coefficient (Wildman–Crippen LogP) is 4.87. The molecular formula is C23H25N5OS. The molecule has 4 aromatic rings. The Kier molecular flexibility index (Phi) is 5.24. The van der Waals surface area contributed by atoms with Crippen molar-refractivity contribution >= 4 is 22.7 Å². The molecule has 0 aliphatic rings. The van der Waals surface area contributed by atoms with Gasteiger partial charge < -0.3 is 9.55 Å². The van der Waals surface area contributed by atoms with E-state index in [4.69, 9.17) is 0 Å². The number of aromatic amines is 1. The van der Waals surface area contributed by atoms with Crippen molar-refractivity contribution < 1.29 is 0 Å². The van der Waals surface area contributed by atoms with Crippen LogP contribution in [0.25, 0.3) is 22.3 Å². The van der Waals surface area contributed by atoms with Crippen molar-refractivity contribution in [1.29, 1.82) is 0 Å². The molecule has 2 aromatic carbocycles. The number of H-pyrrole nitrogens is 1. The van der Waals surface area contributed by atoms with Gasteiger partial charge in [-0.1, -0.05) is 68.9 Å². The summed E-state index contributed by atoms with van der Waals surface area (Å²) in [7, 11) is 1.96. The molecule has 0 radical (unpaired) electrons. The number of aromatic nitrogens is 5. The fourth-order valence-corrected chi connectivity index (χ4v) is 4.17. The van der Waals surface area contributed by atoms with E-state index in [9.17, 15) is 4.79 Å². The molecule has 2 heterocycles. The molecule has 1 N–H and O–H groups in total. The van der Waals surface area contributed by atoms with Crippen LogP contribution in [0, 0.1) is 0 Å². The minimum Gasteiger partial charge on any atom is -0.309 e. The summed E-state index contributed by atoms with van der Waals surface area (Å²) in [6.07, 6.45) is 0. The molecule has 0 aliphatic carbocycles. The Labute approximate surface area is 179 Å². The molecule has 30 heavy (non-hydrogen) atoms. The molecule has 0 amide bonds. The average molecular weight is 420 g/mol. The largest absolute Gasteiger partial charge is 0.309 e. The van der Waals surface area contributed by atoms with Gasteiger partial charge in [-0.15, -0.1) is 10.2 Å². The Balaban J connectivity index is 1.59. The number of para-hydroxylation sites is 1. The first-order chi connectivity index (χ1) is 14.2. The first-order valence-electron chi connectivity index (χ1n) is 9.90. The van der Waals surface area contributed by atoms with Crippen molar-refractivity contribution in [3.8, 4) is 11.4 Å². The minimum atomic E-state index is -0.124. The topological polar surface area (TPSA) is 76.5 Å². The second-order valence-electron chi connectivity index (χ2n) is 8.42. The van der Waals surface area contributed by atoms with Crippen molar-refractivity contribution in [2.75, 3.05) is 0 Å². The summed E-state index contributed by atoms with van der Waals surface area (Å²) in [5, 5.41) is 10.0. The number of benzene rings is 2. The van der Waals surface area contributed by atoms with Crippen LogP contribution < -0.4 is 5.56 Å². The Morgan fingerprint density at radius 1 is 1.03 bits per heavy atom. The fourth-order valence-electron chi connectivity index (χ4n) is 3.30. The SMILES string of the molecule is C[C@H](Sc1nnc(-c2ccc(C(C)(C)C)cc2)n1C)c1nc2ccccc2c(=O)[nH]1. The molecule has 0 unspecified atom stereocenters. The lowest BCUT2D eigenvalue weighted by Gasteiger charge is -2.19. The highest BCUT2D eigenvalue weighted by atomic mass is 32.2. The number of fused-ring (bicyclic) bond motifs is 1. The second-order valence-corrected chi connectivity index (χ2v) is 9.73. The highest BCUT2D eigenvalue weighted by Crippen LogP contribution is 2.33. The van der Waals surface area contributed by atoms with Gasteiger partial charge in [-0.05, 0) is 30.0 Å². The van der Waals surface area contributed by atoms with E-state index < -0.39 is 0 Å². The van der Waals surface area contributed by atoms with Gasteiger partial charge in [-0.3, -0.25) is 4.79 Å². The van der Waals surface area contributed by atoms with Crippen LogP contribution >= 0.6 is 11.8 Å². The van der Waals surface area contributed by atoms with Crippen LogP contribution in [0.15, 0.2) is 58.5 Å². The minimum absolute atomic E-state index is 0.0821. The van der Waals surface area contributed by atoms with Crippen molar-refractivity contribution in [2.45, 2.75) is 43.5 Å². The number of hydrogen-bond acceptors (Lipinski definition) is 5. The van der Waals surface area contributed by atoms with E-state index in [1.165, 1.54) is 17.3 Å². The summed E-state index contributed by atoms with van der Waals surface area (Å²) >= 11 is 1.52. The second kappa shape index (κ2) is 7.72. The van der Waals surface area contributed by atoms with Gasteiger partial charge in [0.05, 0.1) is 16.2 Å². The Morgan fingerprint density at radius 2 is 1.73 bits per heavy atom. The van der Waals surface area contributed by atoms with Crippen LogP contribution in [0.1, 0.15) is 44.3 Å². The number of hydrogen-bond donors (Lipinski definition) is 1. The number of rotatable bonds is 4. The van der Waals surface area contributed by atoms with Gasteiger partial charge in [0.25, 0.3) is 5.56 Å². The lowest BCUT2D eigenvalue weighted by atomic mass is 9.87. The molecule has 7 heteroatoms. The van der Waals surface area contributed by atoms with Crippen molar-refractivity contribution in [1.82, 2.24) is 24.7 Å². The van der Waals surface area contributed by atoms with E-state index in [2.05, 4.69) is 65.2 Å². The van der Waals surface area contributed by atoms with Gasteiger partial charge in [0.2, 0.25) is 0 Å². The smallest absolute Gasteiger partial charge is 0.258 e. The fraction of sp³-hybridized carbons (Fsp3) is 0.304. The van der Waals surface area contributed by atoms with Crippen molar-refractivity contribution in [3.63, 3.8) is 0 Å². The lowest BCUT2D eigenvalue weighted by molar-refractivity contribution is 0.590. The van der Waals surface area contributed by atoms with Gasteiger partial charge >= 0.3 is 0 Å². The Morgan fingerprint density at radius 3 is 2.43 bits per heavy atom. The van der Waals surface area contributed by atoms with Gasteiger partial charge in [0.15, 0.2) is 11.0 Å². The monoisotopic (exact) mass is 419 g/mol. The zero-order valence-electron chi connectivity index (χ0n) is 17.8. The van der Waals surface area contributed by atoms with E-state index in [0.29, 0.717) is 16.7 Å². The molecule has 0 spiro atoms. The molecule has 0 fully saturated rings. The molecule has 6 nitrogen and oxygen atoms in total. The zero-order valence-corrected chi connectivity index (χ0v) is 18.6. The van der Waals surface area contributed by atoms with Crippen LogP contribution in [0.3, 0.4) is 0 Å². The van der Waals surface area contributed by atoms with Gasteiger partial charge in [0.1, 0.15) is 5.82 Å². The molecular weight excluding hydrogens is 394 g/mol. The third-order valence-corrected chi connectivity index (χ3v) is 6.29. The number of nitrogens with zero attached hydrogens (tertiary/aromatic N) is 4. The normalized spacial score (nSPS) is 13.0.